The summed E-state index contributed by atoms with van der Waals surface area (Å²) < 4.78 is 0. The van der Waals surface area contributed by atoms with E-state index in [4.69, 9.17) is 5.11 Å². The van der Waals surface area contributed by atoms with Crippen LogP contribution in [0.3, 0.4) is 0 Å². The Kier molecular flexibility index (Phi) is 3.93. The summed E-state index contributed by atoms with van der Waals surface area (Å²) in [6, 6.07) is -0.0703. The molecule has 2 fully saturated rings. The first kappa shape index (κ1) is 13.4. The molecule has 0 aromatic rings. The lowest BCUT2D eigenvalue weighted by molar-refractivity contribution is -0.145. The third kappa shape index (κ3) is 2.38. The largest absolute Gasteiger partial charge is 0.481 e. The lowest BCUT2D eigenvalue weighted by Gasteiger charge is -2.34. The summed E-state index contributed by atoms with van der Waals surface area (Å²) in [6.45, 7) is 2.84. The molecule has 1 saturated heterocycles. The molecule has 4 nitrogen and oxygen atoms in total. The molecule has 0 aromatic carbocycles. The standard InChI is InChI=1S/C14H23NO3/c1-2-14(7-3-4-8-14)13(18)15-9-5-6-11(15)10-12(16)17/h11H,2-10H2,1H3,(H,16,17). The van der Waals surface area contributed by atoms with Crippen LogP contribution in [0.15, 0.2) is 0 Å². The van der Waals surface area contributed by atoms with Crippen molar-refractivity contribution in [3.8, 4) is 0 Å². The topological polar surface area (TPSA) is 57.6 Å². The van der Waals surface area contributed by atoms with Gasteiger partial charge in [-0.1, -0.05) is 19.8 Å². The van der Waals surface area contributed by atoms with Crippen molar-refractivity contribution in [1.82, 2.24) is 4.90 Å². The summed E-state index contributed by atoms with van der Waals surface area (Å²) in [5, 5.41) is 8.92. The minimum absolute atomic E-state index is 0.0703. The van der Waals surface area contributed by atoms with E-state index >= 15 is 0 Å². The van der Waals surface area contributed by atoms with Crippen molar-refractivity contribution in [1.29, 1.82) is 0 Å². The van der Waals surface area contributed by atoms with Crippen molar-refractivity contribution >= 4 is 11.9 Å². The van der Waals surface area contributed by atoms with Gasteiger partial charge in [0.15, 0.2) is 0 Å². The lowest BCUT2D eigenvalue weighted by Crippen LogP contribution is -2.45. The zero-order valence-corrected chi connectivity index (χ0v) is 11.2. The fraction of sp³-hybridized carbons (Fsp3) is 0.857. The highest BCUT2D eigenvalue weighted by molar-refractivity contribution is 5.84. The summed E-state index contributed by atoms with van der Waals surface area (Å²) in [4.78, 5) is 25.4. The molecule has 18 heavy (non-hydrogen) atoms. The van der Waals surface area contributed by atoms with Gasteiger partial charge in [0.2, 0.25) is 5.91 Å². The molecule has 0 bridgehead atoms. The first-order valence-electron chi connectivity index (χ1n) is 7.12. The molecule has 1 unspecified atom stereocenters. The Bertz CT molecular complexity index is 334. The van der Waals surface area contributed by atoms with Gasteiger partial charge in [-0.25, -0.2) is 0 Å². The van der Waals surface area contributed by atoms with E-state index in [1.165, 1.54) is 0 Å². The quantitative estimate of drug-likeness (QED) is 0.837. The van der Waals surface area contributed by atoms with Crippen LogP contribution in [0.4, 0.5) is 0 Å². The highest BCUT2D eigenvalue weighted by Gasteiger charge is 2.44. The van der Waals surface area contributed by atoms with Crippen LogP contribution in [-0.2, 0) is 9.59 Å². The van der Waals surface area contributed by atoms with E-state index in [1.54, 1.807) is 0 Å². The SMILES string of the molecule is CCC1(C(=O)N2CCCC2CC(=O)O)CCCC1. The number of likely N-dealkylation sites (tertiary alicyclic amines) is 1. The molecule has 1 aliphatic carbocycles. The molecule has 102 valence electrons. The van der Waals surface area contributed by atoms with Crippen LogP contribution in [0.1, 0.15) is 58.3 Å². The maximum absolute atomic E-state index is 12.7. The van der Waals surface area contributed by atoms with Gasteiger partial charge in [-0.3, -0.25) is 9.59 Å². The van der Waals surface area contributed by atoms with Crippen LogP contribution in [0.5, 0.6) is 0 Å². The number of carbonyl (C=O) groups is 2. The zero-order chi connectivity index (χ0) is 13.2. The molecule has 2 rings (SSSR count). The second kappa shape index (κ2) is 5.29. The molecule has 4 heteroatoms. The van der Waals surface area contributed by atoms with Gasteiger partial charge >= 0.3 is 5.97 Å². The third-order valence-electron chi connectivity index (χ3n) is 4.74. The predicted octanol–water partition coefficient (Wildman–Crippen LogP) is 2.42. The Morgan fingerprint density at radius 1 is 1.28 bits per heavy atom. The van der Waals surface area contributed by atoms with E-state index in [0.717, 1.165) is 51.5 Å². The van der Waals surface area contributed by atoms with E-state index in [2.05, 4.69) is 6.92 Å². The molecule has 1 aliphatic heterocycles. The summed E-state index contributed by atoms with van der Waals surface area (Å²) in [5.74, 6) is -0.567. The first-order valence-corrected chi connectivity index (χ1v) is 7.12. The average Bonchev–Trinajstić information content (AvgIpc) is 2.96. The van der Waals surface area contributed by atoms with E-state index in [-0.39, 0.29) is 23.8 Å². The minimum Gasteiger partial charge on any atom is -0.481 e. The predicted molar refractivity (Wildman–Crippen MR) is 68.2 cm³/mol. The van der Waals surface area contributed by atoms with Gasteiger partial charge in [-0.05, 0) is 32.1 Å². The number of aliphatic carboxylic acids is 1. The van der Waals surface area contributed by atoms with Crippen molar-refractivity contribution in [2.24, 2.45) is 5.41 Å². The van der Waals surface area contributed by atoms with E-state index in [1.807, 2.05) is 4.90 Å². The van der Waals surface area contributed by atoms with Crippen LogP contribution in [0, 0.1) is 5.41 Å². The molecule has 0 aromatic heterocycles. The molecule has 1 atom stereocenters. The third-order valence-corrected chi connectivity index (χ3v) is 4.74. The van der Waals surface area contributed by atoms with E-state index in [9.17, 15) is 9.59 Å². The summed E-state index contributed by atoms with van der Waals surface area (Å²) in [6.07, 6.45) is 7.03. The number of carboxylic acid groups (broad SMARTS) is 1. The van der Waals surface area contributed by atoms with Crippen molar-refractivity contribution in [2.75, 3.05) is 6.54 Å². The molecule has 1 N–H and O–H groups in total. The monoisotopic (exact) mass is 253 g/mol. The van der Waals surface area contributed by atoms with Crippen molar-refractivity contribution in [3.63, 3.8) is 0 Å². The van der Waals surface area contributed by atoms with Gasteiger partial charge in [0.25, 0.3) is 0 Å². The second-order valence-electron chi connectivity index (χ2n) is 5.73. The number of rotatable bonds is 4. The average molecular weight is 253 g/mol. The number of hydrogen-bond acceptors (Lipinski definition) is 2. The van der Waals surface area contributed by atoms with Crippen LogP contribution in [0.25, 0.3) is 0 Å². The number of nitrogens with zero attached hydrogens (tertiary/aromatic N) is 1. The second-order valence-corrected chi connectivity index (χ2v) is 5.73. The number of carboxylic acids is 1. The zero-order valence-electron chi connectivity index (χ0n) is 11.2. The molecule has 2 aliphatic rings. The fourth-order valence-corrected chi connectivity index (χ4v) is 3.59. The lowest BCUT2D eigenvalue weighted by atomic mass is 9.81. The molecule has 0 radical (unpaired) electrons. The highest BCUT2D eigenvalue weighted by atomic mass is 16.4. The summed E-state index contributed by atoms with van der Waals surface area (Å²) in [7, 11) is 0. The van der Waals surface area contributed by atoms with Gasteiger partial charge in [0.05, 0.1) is 6.42 Å². The van der Waals surface area contributed by atoms with E-state index < -0.39 is 5.97 Å². The first-order chi connectivity index (χ1) is 8.59. The van der Waals surface area contributed by atoms with Gasteiger partial charge in [-0.2, -0.15) is 0 Å². The molecule has 1 saturated carbocycles. The van der Waals surface area contributed by atoms with Crippen molar-refractivity contribution in [3.05, 3.63) is 0 Å². The van der Waals surface area contributed by atoms with Crippen LogP contribution < -0.4 is 0 Å². The van der Waals surface area contributed by atoms with E-state index in [0.29, 0.717) is 0 Å². The number of carbonyl (C=O) groups excluding carboxylic acids is 1. The fourth-order valence-electron chi connectivity index (χ4n) is 3.59. The highest BCUT2D eigenvalue weighted by Crippen LogP contribution is 2.43. The molecule has 1 heterocycles. The van der Waals surface area contributed by atoms with Crippen molar-refractivity contribution < 1.29 is 14.7 Å². The normalized spacial score (nSPS) is 26.5. The minimum atomic E-state index is -0.795. The Hall–Kier alpha value is -1.06. The Morgan fingerprint density at radius 2 is 1.94 bits per heavy atom. The van der Waals surface area contributed by atoms with Gasteiger partial charge in [0.1, 0.15) is 0 Å². The molecular formula is C14H23NO3. The number of amides is 1. The Labute approximate surface area is 108 Å². The molecule has 0 spiro atoms. The van der Waals surface area contributed by atoms with Crippen LogP contribution in [-0.4, -0.2) is 34.5 Å². The number of hydrogen-bond donors (Lipinski definition) is 1. The van der Waals surface area contributed by atoms with Crippen molar-refractivity contribution in [2.45, 2.75) is 64.3 Å². The smallest absolute Gasteiger partial charge is 0.305 e. The Morgan fingerprint density at radius 3 is 2.50 bits per heavy atom. The maximum Gasteiger partial charge on any atom is 0.305 e. The summed E-state index contributed by atoms with van der Waals surface area (Å²) in [5.41, 5.74) is -0.179. The maximum atomic E-state index is 12.7. The van der Waals surface area contributed by atoms with Crippen LogP contribution in [0.2, 0.25) is 0 Å². The summed E-state index contributed by atoms with van der Waals surface area (Å²) >= 11 is 0. The molecule has 1 amide bonds. The Balaban J connectivity index is 2.09. The van der Waals surface area contributed by atoms with Gasteiger partial charge in [-0.15, -0.1) is 0 Å². The van der Waals surface area contributed by atoms with Gasteiger partial charge < -0.3 is 10.0 Å². The van der Waals surface area contributed by atoms with Crippen LogP contribution >= 0.6 is 0 Å². The van der Waals surface area contributed by atoms with Gasteiger partial charge in [0, 0.05) is 18.0 Å². The molecular weight excluding hydrogens is 230 g/mol.